The largest absolute Gasteiger partial charge is 0.351 e. The SMILES string of the molecule is C#Cc1ccc2c(c1)CC[C@@H]1C(N(C(N)=O)c3ccc(Br)cn3)[C@H]21. The number of carbonyl (C=O) groups is 1. The number of carbonyl (C=O) groups excluding carboxylic acids is 1. The summed E-state index contributed by atoms with van der Waals surface area (Å²) < 4.78 is 0.871. The van der Waals surface area contributed by atoms with Crippen molar-refractivity contribution in [3.05, 3.63) is 57.7 Å². The Morgan fingerprint density at radius 1 is 1.38 bits per heavy atom. The number of anilines is 1. The molecular formula is C19H16BrN3O. The fourth-order valence-electron chi connectivity index (χ4n) is 3.96. The Hall–Kier alpha value is -2.32. The average molecular weight is 382 g/mol. The van der Waals surface area contributed by atoms with Crippen LogP contribution in [0.3, 0.4) is 0 Å². The lowest BCUT2D eigenvalue weighted by Crippen LogP contribution is -2.39. The summed E-state index contributed by atoms with van der Waals surface area (Å²) in [7, 11) is 0. The number of urea groups is 1. The molecule has 3 atom stereocenters. The van der Waals surface area contributed by atoms with Crippen LogP contribution in [0.4, 0.5) is 10.6 Å². The molecule has 0 spiro atoms. The molecule has 0 radical (unpaired) electrons. The van der Waals surface area contributed by atoms with Gasteiger partial charge in [0.15, 0.2) is 0 Å². The topological polar surface area (TPSA) is 59.2 Å². The van der Waals surface area contributed by atoms with Crippen molar-refractivity contribution in [1.82, 2.24) is 4.98 Å². The van der Waals surface area contributed by atoms with Crippen LogP contribution in [0, 0.1) is 18.3 Å². The Morgan fingerprint density at radius 3 is 2.88 bits per heavy atom. The summed E-state index contributed by atoms with van der Waals surface area (Å²) in [5.74, 6) is 4.05. The van der Waals surface area contributed by atoms with Crippen molar-refractivity contribution in [3.8, 4) is 12.3 Å². The molecule has 1 aromatic carbocycles. The number of fused-ring (bicyclic) bond motifs is 3. The zero-order valence-electron chi connectivity index (χ0n) is 12.9. The number of aryl methyl sites for hydroxylation is 1. The second-order valence-electron chi connectivity index (χ2n) is 6.32. The van der Waals surface area contributed by atoms with E-state index in [0.717, 1.165) is 22.9 Å². The molecule has 1 fully saturated rings. The van der Waals surface area contributed by atoms with E-state index in [-0.39, 0.29) is 6.04 Å². The Labute approximate surface area is 149 Å². The molecule has 1 unspecified atom stereocenters. The molecule has 120 valence electrons. The molecule has 2 aromatic rings. The fourth-order valence-corrected chi connectivity index (χ4v) is 4.19. The Kier molecular flexibility index (Phi) is 3.58. The lowest BCUT2D eigenvalue weighted by molar-refractivity contribution is 0.253. The van der Waals surface area contributed by atoms with Crippen LogP contribution in [0.1, 0.15) is 29.0 Å². The molecule has 0 bridgehead atoms. The number of rotatable bonds is 2. The molecule has 0 saturated heterocycles. The summed E-state index contributed by atoms with van der Waals surface area (Å²) in [4.78, 5) is 18.1. The first kappa shape index (κ1) is 15.2. The quantitative estimate of drug-likeness (QED) is 0.809. The third-order valence-electron chi connectivity index (χ3n) is 5.04. The zero-order valence-corrected chi connectivity index (χ0v) is 14.5. The van der Waals surface area contributed by atoms with E-state index in [1.165, 1.54) is 11.1 Å². The van der Waals surface area contributed by atoms with Crippen LogP contribution in [0.15, 0.2) is 41.0 Å². The second-order valence-corrected chi connectivity index (χ2v) is 7.24. The molecule has 4 rings (SSSR count). The van der Waals surface area contributed by atoms with Crippen molar-refractivity contribution in [2.24, 2.45) is 11.7 Å². The maximum absolute atomic E-state index is 12.1. The van der Waals surface area contributed by atoms with E-state index < -0.39 is 6.03 Å². The van der Waals surface area contributed by atoms with E-state index in [1.54, 1.807) is 11.1 Å². The van der Waals surface area contributed by atoms with Crippen molar-refractivity contribution in [3.63, 3.8) is 0 Å². The van der Waals surface area contributed by atoms with Gasteiger partial charge in [-0.1, -0.05) is 12.0 Å². The van der Waals surface area contributed by atoms with Crippen LogP contribution < -0.4 is 10.6 Å². The molecule has 1 aromatic heterocycles. The van der Waals surface area contributed by atoms with Gasteiger partial charge in [-0.25, -0.2) is 9.78 Å². The van der Waals surface area contributed by atoms with Crippen molar-refractivity contribution in [1.29, 1.82) is 0 Å². The van der Waals surface area contributed by atoms with Gasteiger partial charge in [0.25, 0.3) is 0 Å². The van der Waals surface area contributed by atoms with Crippen LogP contribution in [-0.4, -0.2) is 17.1 Å². The Morgan fingerprint density at radius 2 is 2.21 bits per heavy atom. The molecular weight excluding hydrogens is 366 g/mol. The Bertz CT molecular complexity index is 856. The van der Waals surface area contributed by atoms with E-state index in [4.69, 9.17) is 12.2 Å². The molecule has 24 heavy (non-hydrogen) atoms. The van der Waals surface area contributed by atoms with Gasteiger partial charge in [0.1, 0.15) is 5.82 Å². The monoisotopic (exact) mass is 381 g/mol. The number of terminal acetylenes is 1. The van der Waals surface area contributed by atoms with Gasteiger partial charge in [0, 0.05) is 22.2 Å². The lowest BCUT2D eigenvalue weighted by Gasteiger charge is -2.20. The fraction of sp³-hybridized carbons (Fsp3) is 0.263. The number of pyridine rings is 1. The number of hydrogen-bond donors (Lipinski definition) is 1. The summed E-state index contributed by atoms with van der Waals surface area (Å²) in [5.41, 5.74) is 9.17. The van der Waals surface area contributed by atoms with E-state index >= 15 is 0 Å². The maximum Gasteiger partial charge on any atom is 0.320 e. The summed E-state index contributed by atoms with van der Waals surface area (Å²) >= 11 is 3.37. The average Bonchev–Trinajstić information content (AvgIpc) is 3.30. The smallest absolute Gasteiger partial charge is 0.320 e. The minimum absolute atomic E-state index is 0.0779. The minimum atomic E-state index is -0.453. The highest BCUT2D eigenvalue weighted by molar-refractivity contribution is 9.10. The molecule has 2 N–H and O–H groups in total. The zero-order chi connectivity index (χ0) is 16.8. The summed E-state index contributed by atoms with van der Waals surface area (Å²) in [6.07, 6.45) is 9.21. The van der Waals surface area contributed by atoms with Crippen molar-refractivity contribution in [2.75, 3.05) is 4.90 Å². The van der Waals surface area contributed by atoms with E-state index in [2.05, 4.69) is 39.0 Å². The second kappa shape index (κ2) is 5.64. The van der Waals surface area contributed by atoms with E-state index in [9.17, 15) is 4.79 Å². The predicted molar refractivity (Wildman–Crippen MR) is 96.7 cm³/mol. The summed E-state index contributed by atoms with van der Waals surface area (Å²) in [6.45, 7) is 0. The van der Waals surface area contributed by atoms with E-state index in [1.807, 2.05) is 18.2 Å². The summed E-state index contributed by atoms with van der Waals surface area (Å²) in [6, 6.07) is 9.49. The van der Waals surface area contributed by atoms with Crippen molar-refractivity contribution >= 4 is 27.8 Å². The number of nitrogens with two attached hydrogens (primary N) is 1. The van der Waals surface area contributed by atoms with Crippen LogP contribution in [-0.2, 0) is 6.42 Å². The molecule has 1 saturated carbocycles. The first-order chi connectivity index (χ1) is 11.6. The van der Waals surface area contributed by atoms with Crippen LogP contribution in [0.2, 0.25) is 0 Å². The van der Waals surface area contributed by atoms with Gasteiger partial charge in [-0.15, -0.1) is 6.42 Å². The van der Waals surface area contributed by atoms with Gasteiger partial charge < -0.3 is 5.73 Å². The minimum Gasteiger partial charge on any atom is -0.351 e. The number of primary amides is 1. The van der Waals surface area contributed by atoms with Crippen LogP contribution >= 0.6 is 15.9 Å². The van der Waals surface area contributed by atoms with Crippen LogP contribution in [0.25, 0.3) is 0 Å². The third-order valence-corrected chi connectivity index (χ3v) is 5.51. The highest BCUT2D eigenvalue weighted by Gasteiger charge is 2.57. The number of hydrogen-bond acceptors (Lipinski definition) is 2. The maximum atomic E-state index is 12.1. The highest BCUT2D eigenvalue weighted by atomic mass is 79.9. The molecule has 5 heteroatoms. The van der Waals surface area contributed by atoms with Gasteiger partial charge in [0.2, 0.25) is 0 Å². The first-order valence-corrected chi connectivity index (χ1v) is 8.69. The molecule has 0 aliphatic heterocycles. The molecule has 1 heterocycles. The third kappa shape index (κ3) is 2.38. The highest BCUT2D eigenvalue weighted by Crippen LogP contribution is 2.57. The van der Waals surface area contributed by atoms with Crippen LogP contribution in [0.5, 0.6) is 0 Å². The first-order valence-electron chi connectivity index (χ1n) is 7.90. The molecule has 4 nitrogen and oxygen atoms in total. The molecule has 2 aliphatic rings. The summed E-state index contributed by atoms with van der Waals surface area (Å²) in [5, 5.41) is 0. The van der Waals surface area contributed by atoms with Crippen molar-refractivity contribution in [2.45, 2.75) is 24.8 Å². The lowest BCUT2D eigenvalue weighted by atomic mass is 9.90. The Balaban J connectivity index is 1.68. The number of benzene rings is 1. The predicted octanol–water partition coefficient (Wildman–Crippen LogP) is 3.44. The number of amides is 2. The molecule has 2 amide bonds. The standard InChI is InChI=1S/C19H16BrN3O/c1-2-11-3-6-14-12(9-11)4-7-15-17(14)18(15)23(19(21)24)16-8-5-13(20)10-22-16/h1,3,5-6,8-10,15,17-18H,4,7H2,(H2,21,24)/t15-,17+,18?/m0/s1. The van der Waals surface area contributed by atoms with Gasteiger partial charge in [-0.05, 0) is 70.1 Å². The molecule has 2 aliphatic carbocycles. The van der Waals surface area contributed by atoms with E-state index in [0.29, 0.717) is 17.7 Å². The number of nitrogens with zero attached hydrogens (tertiary/aromatic N) is 2. The number of halogens is 1. The van der Waals surface area contributed by atoms with Gasteiger partial charge in [0.05, 0.1) is 6.04 Å². The van der Waals surface area contributed by atoms with Gasteiger partial charge in [-0.3, -0.25) is 4.90 Å². The van der Waals surface area contributed by atoms with Crippen molar-refractivity contribution < 1.29 is 4.79 Å². The van der Waals surface area contributed by atoms with Gasteiger partial charge in [-0.2, -0.15) is 0 Å². The normalized spacial score (nSPS) is 23.6. The van der Waals surface area contributed by atoms with Gasteiger partial charge >= 0.3 is 6.03 Å². The number of aromatic nitrogens is 1.